The maximum Gasteiger partial charge on any atom is -0.0195 e. The molecule has 1 heteroatoms. The lowest BCUT2D eigenvalue weighted by Gasteiger charge is -1.53. The minimum absolute atomic E-state index is 1.08. The first kappa shape index (κ1) is 9.96. The van der Waals surface area contributed by atoms with Crippen molar-refractivity contribution in [3.8, 4) is 0 Å². The van der Waals surface area contributed by atoms with Gasteiger partial charge in [-0.25, -0.2) is 0 Å². The van der Waals surface area contributed by atoms with Gasteiger partial charge in [0.1, 0.15) is 0 Å². The molecule has 2 saturated carbocycles. The van der Waals surface area contributed by atoms with Gasteiger partial charge in [-0.1, -0.05) is 39.5 Å². The highest BCUT2D eigenvalue weighted by Gasteiger charge is 2.13. The molecule has 0 amide bonds. The zero-order valence-electron chi connectivity index (χ0n) is 7.56. The van der Waals surface area contributed by atoms with Crippen LogP contribution in [0, 0.1) is 11.8 Å². The summed E-state index contributed by atoms with van der Waals surface area (Å²) in [4.78, 5) is 0. The molecule has 2 fully saturated rings. The Hall–Kier alpha value is -0.0400. The van der Waals surface area contributed by atoms with Gasteiger partial charge in [0.25, 0.3) is 0 Å². The summed E-state index contributed by atoms with van der Waals surface area (Å²) >= 11 is 0. The van der Waals surface area contributed by atoms with Crippen molar-refractivity contribution in [2.45, 2.75) is 39.5 Å². The van der Waals surface area contributed by atoms with Gasteiger partial charge in [0.2, 0.25) is 0 Å². The summed E-state index contributed by atoms with van der Waals surface area (Å²) in [5.41, 5.74) is 4.50. The lowest BCUT2D eigenvalue weighted by Crippen LogP contribution is -1.69. The summed E-state index contributed by atoms with van der Waals surface area (Å²) < 4.78 is 0. The molecular formula is C9H21N. The highest BCUT2D eigenvalue weighted by molar-refractivity contribution is 4.65. The van der Waals surface area contributed by atoms with Crippen molar-refractivity contribution in [3.05, 3.63) is 0 Å². The zero-order chi connectivity index (χ0) is 7.98. The van der Waals surface area contributed by atoms with Crippen LogP contribution in [0.1, 0.15) is 39.5 Å². The molecule has 0 atom stereocenters. The topological polar surface area (TPSA) is 26.0 Å². The molecule has 0 aromatic carbocycles. The smallest absolute Gasteiger partial charge is 0.0195 e. The molecule has 2 aliphatic carbocycles. The maximum absolute atomic E-state index is 4.50. The number of hydrogen-bond acceptors (Lipinski definition) is 1. The summed E-state index contributed by atoms with van der Waals surface area (Å²) in [6, 6.07) is 0. The molecule has 0 radical (unpaired) electrons. The van der Waals surface area contributed by atoms with Gasteiger partial charge in [-0.05, 0) is 18.9 Å². The van der Waals surface area contributed by atoms with E-state index in [1.807, 2.05) is 0 Å². The van der Waals surface area contributed by atoms with E-state index in [9.17, 15) is 0 Å². The van der Waals surface area contributed by atoms with Crippen molar-refractivity contribution in [2.75, 3.05) is 7.05 Å². The molecule has 2 aliphatic rings. The standard InChI is InChI=1S/2C4H8.CH5N/c2*1-4-2-3-4;1-2/h2*4H,2-3H2,1H3;2H2,1H3. The summed E-state index contributed by atoms with van der Waals surface area (Å²) in [5, 5.41) is 0. The van der Waals surface area contributed by atoms with Gasteiger partial charge in [0.05, 0.1) is 0 Å². The number of hydrogen-bond donors (Lipinski definition) is 1. The summed E-state index contributed by atoms with van der Waals surface area (Å²) in [5.74, 6) is 2.17. The predicted molar refractivity (Wildman–Crippen MR) is 46.9 cm³/mol. The summed E-state index contributed by atoms with van der Waals surface area (Å²) in [6.45, 7) is 4.56. The van der Waals surface area contributed by atoms with Crippen LogP contribution in [0.15, 0.2) is 0 Å². The molecule has 0 spiro atoms. The first-order valence-corrected chi connectivity index (χ1v) is 4.37. The Morgan fingerprint density at radius 3 is 0.900 bits per heavy atom. The molecular weight excluding hydrogens is 122 g/mol. The third-order valence-corrected chi connectivity index (χ3v) is 1.73. The van der Waals surface area contributed by atoms with Crippen molar-refractivity contribution in [1.29, 1.82) is 0 Å². The Balaban J connectivity index is 0.000000131. The minimum atomic E-state index is 1.08. The first-order chi connectivity index (χ1) is 4.79. The molecule has 62 valence electrons. The van der Waals surface area contributed by atoms with E-state index in [1.54, 1.807) is 0 Å². The minimum Gasteiger partial charge on any atom is -0.333 e. The average molecular weight is 143 g/mol. The van der Waals surface area contributed by atoms with Crippen LogP contribution in [0.4, 0.5) is 0 Å². The third kappa shape index (κ3) is 10.9. The van der Waals surface area contributed by atoms with E-state index in [1.165, 1.54) is 32.7 Å². The zero-order valence-corrected chi connectivity index (χ0v) is 7.56. The Bertz CT molecular complexity index is 53.1. The largest absolute Gasteiger partial charge is 0.333 e. The van der Waals surface area contributed by atoms with Crippen molar-refractivity contribution in [1.82, 2.24) is 0 Å². The normalized spacial score (nSPS) is 21.6. The second-order valence-electron chi connectivity index (χ2n) is 3.37. The monoisotopic (exact) mass is 143 g/mol. The van der Waals surface area contributed by atoms with E-state index in [0.29, 0.717) is 0 Å². The van der Waals surface area contributed by atoms with Gasteiger partial charge in [0, 0.05) is 0 Å². The Morgan fingerprint density at radius 1 is 0.800 bits per heavy atom. The lowest BCUT2D eigenvalue weighted by atomic mass is 10.5. The predicted octanol–water partition coefficient (Wildman–Crippen LogP) is 2.41. The molecule has 0 aliphatic heterocycles. The second kappa shape index (κ2) is 5.72. The van der Waals surface area contributed by atoms with Gasteiger partial charge in [-0.3, -0.25) is 0 Å². The van der Waals surface area contributed by atoms with Crippen molar-refractivity contribution >= 4 is 0 Å². The molecule has 0 aromatic heterocycles. The molecule has 2 N–H and O–H groups in total. The Kier molecular flexibility index (Phi) is 5.70. The van der Waals surface area contributed by atoms with Crippen LogP contribution in [0.3, 0.4) is 0 Å². The highest BCUT2D eigenvalue weighted by atomic mass is 14.4. The van der Waals surface area contributed by atoms with E-state index >= 15 is 0 Å². The average Bonchev–Trinajstić information content (AvgIpc) is 2.80. The second-order valence-corrected chi connectivity index (χ2v) is 3.37. The van der Waals surface area contributed by atoms with Gasteiger partial charge in [-0.15, -0.1) is 0 Å². The van der Waals surface area contributed by atoms with E-state index in [2.05, 4.69) is 19.6 Å². The van der Waals surface area contributed by atoms with E-state index < -0.39 is 0 Å². The molecule has 0 heterocycles. The van der Waals surface area contributed by atoms with Crippen LogP contribution in [0.5, 0.6) is 0 Å². The van der Waals surface area contributed by atoms with E-state index in [-0.39, 0.29) is 0 Å². The van der Waals surface area contributed by atoms with Crippen LogP contribution < -0.4 is 5.73 Å². The maximum atomic E-state index is 4.50. The van der Waals surface area contributed by atoms with Gasteiger partial charge >= 0.3 is 0 Å². The molecule has 0 unspecified atom stereocenters. The third-order valence-electron chi connectivity index (χ3n) is 1.73. The van der Waals surface area contributed by atoms with Crippen LogP contribution in [0.25, 0.3) is 0 Å². The van der Waals surface area contributed by atoms with Gasteiger partial charge < -0.3 is 5.73 Å². The fraction of sp³-hybridized carbons (Fsp3) is 1.00. The number of nitrogens with two attached hydrogens (primary N) is 1. The SMILES string of the molecule is CC1CC1.CC1CC1.CN. The summed E-state index contributed by atoms with van der Waals surface area (Å²) in [7, 11) is 1.50. The van der Waals surface area contributed by atoms with Crippen LogP contribution in [-0.4, -0.2) is 7.05 Å². The molecule has 0 aromatic rings. The van der Waals surface area contributed by atoms with Crippen molar-refractivity contribution in [3.63, 3.8) is 0 Å². The van der Waals surface area contributed by atoms with E-state index in [4.69, 9.17) is 0 Å². The van der Waals surface area contributed by atoms with Gasteiger partial charge in [0.15, 0.2) is 0 Å². The van der Waals surface area contributed by atoms with Crippen molar-refractivity contribution < 1.29 is 0 Å². The Labute approximate surface area is 65.0 Å². The highest BCUT2D eigenvalue weighted by Crippen LogP contribution is 2.27. The fourth-order valence-corrected chi connectivity index (χ4v) is 0.333. The molecule has 10 heavy (non-hydrogen) atoms. The van der Waals surface area contributed by atoms with Crippen LogP contribution in [-0.2, 0) is 0 Å². The van der Waals surface area contributed by atoms with Crippen LogP contribution in [0.2, 0.25) is 0 Å². The summed E-state index contributed by atoms with van der Waals surface area (Å²) in [6.07, 6.45) is 5.94. The first-order valence-electron chi connectivity index (χ1n) is 4.37. The molecule has 2 rings (SSSR count). The van der Waals surface area contributed by atoms with Gasteiger partial charge in [-0.2, -0.15) is 0 Å². The molecule has 1 nitrogen and oxygen atoms in total. The molecule has 0 bridgehead atoms. The van der Waals surface area contributed by atoms with Crippen LogP contribution >= 0.6 is 0 Å². The Morgan fingerprint density at radius 2 is 0.900 bits per heavy atom. The van der Waals surface area contributed by atoms with E-state index in [0.717, 1.165) is 11.8 Å². The lowest BCUT2D eigenvalue weighted by molar-refractivity contribution is 0.983. The quantitative estimate of drug-likeness (QED) is 0.553. The molecule has 0 saturated heterocycles. The fourth-order valence-electron chi connectivity index (χ4n) is 0.333. The number of rotatable bonds is 0. The van der Waals surface area contributed by atoms with Crippen molar-refractivity contribution in [2.24, 2.45) is 17.6 Å².